The number of hydrogen-bond donors (Lipinski definition) is 1. The van der Waals surface area contributed by atoms with E-state index in [1.165, 1.54) is 18.2 Å². The van der Waals surface area contributed by atoms with Gasteiger partial charge in [-0.15, -0.1) is 0 Å². The first-order valence-electron chi connectivity index (χ1n) is 9.13. The second-order valence-electron chi connectivity index (χ2n) is 7.03. The second kappa shape index (κ2) is 9.60. The lowest BCUT2D eigenvalue weighted by molar-refractivity contribution is -0.320. The van der Waals surface area contributed by atoms with Crippen molar-refractivity contribution in [1.29, 1.82) is 0 Å². The lowest BCUT2D eigenvalue weighted by Gasteiger charge is -2.32. The van der Waals surface area contributed by atoms with Gasteiger partial charge in [0, 0.05) is 5.56 Å². The Labute approximate surface area is 192 Å². The molecule has 0 radical (unpaired) electrons. The highest BCUT2D eigenvalue weighted by atomic mass is 32.2. The maximum atomic E-state index is 14.1. The SMILES string of the molecule is C=Cc1ccc(OCC(F)(F)C(F)(F)C(F)(F)COc2c(C)c(F)c(S(=O)(=O)O)c(F)c2F)cc1. The molecular weight excluding hydrogens is 523 g/mol. The summed E-state index contributed by atoms with van der Waals surface area (Å²) in [6, 6.07) is 4.78. The van der Waals surface area contributed by atoms with Crippen LogP contribution in [0.25, 0.3) is 6.08 Å². The van der Waals surface area contributed by atoms with Gasteiger partial charge in [-0.1, -0.05) is 24.8 Å². The lowest BCUT2D eigenvalue weighted by atomic mass is 10.1. The number of halogens is 9. The van der Waals surface area contributed by atoms with Crippen LogP contribution in [0, 0.1) is 24.4 Å². The fourth-order valence-corrected chi connectivity index (χ4v) is 3.31. The Hall–Kier alpha value is -2.94. The van der Waals surface area contributed by atoms with Crippen LogP contribution in [0.3, 0.4) is 0 Å². The molecule has 5 nitrogen and oxygen atoms in total. The smallest absolute Gasteiger partial charge is 0.378 e. The molecule has 0 aliphatic carbocycles. The summed E-state index contributed by atoms with van der Waals surface area (Å²) < 4.78 is 165. The Bertz CT molecular complexity index is 1180. The largest absolute Gasteiger partial charge is 0.487 e. The van der Waals surface area contributed by atoms with Gasteiger partial charge in [0.25, 0.3) is 0 Å². The van der Waals surface area contributed by atoms with Crippen molar-refractivity contribution in [2.75, 3.05) is 13.2 Å². The minimum atomic E-state index is -6.17. The zero-order valence-electron chi connectivity index (χ0n) is 17.4. The van der Waals surface area contributed by atoms with E-state index in [2.05, 4.69) is 16.1 Å². The molecule has 2 aromatic rings. The van der Waals surface area contributed by atoms with E-state index in [4.69, 9.17) is 4.55 Å². The van der Waals surface area contributed by atoms with Crippen LogP contribution in [0.1, 0.15) is 11.1 Å². The minimum Gasteiger partial charge on any atom is -0.487 e. The third-order valence-electron chi connectivity index (χ3n) is 4.57. The summed E-state index contributed by atoms with van der Waals surface area (Å²) in [6.45, 7) is -1.03. The maximum Gasteiger partial charge on any atom is 0.378 e. The highest BCUT2D eigenvalue weighted by Gasteiger charge is 2.72. The number of hydrogen-bond acceptors (Lipinski definition) is 4. The van der Waals surface area contributed by atoms with E-state index >= 15 is 0 Å². The fourth-order valence-electron chi connectivity index (χ4n) is 2.61. The van der Waals surface area contributed by atoms with Gasteiger partial charge in [0.15, 0.2) is 35.5 Å². The van der Waals surface area contributed by atoms with Gasteiger partial charge in [-0.2, -0.15) is 39.2 Å². The molecule has 0 atom stereocenters. The van der Waals surface area contributed by atoms with Crippen molar-refractivity contribution in [3.8, 4) is 11.5 Å². The molecule has 0 aromatic heterocycles. The van der Waals surface area contributed by atoms with Crippen LogP contribution in [0.4, 0.5) is 39.5 Å². The van der Waals surface area contributed by atoms with Gasteiger partial charge in [-0.3, -0.25) is 4.55 Å². The van der Waals surface area contributed by atoms with E-state index in [1.807, 2.05) is 0 Å². The van der Waals surface area contributed by atoms with E-state index in [-0.39, 0.29) is 5.75 Å². The Balaban J connectivity index is 2.27. The highest BCUT2D eigenvalue weighted by molar-refractivity contribution is 7.85. The molecular formula is C20H15F9O5S. The molecule has 0 saturated heterocycles. The maximum absolute atomic E-state index is 14.1. The standard InChI is InChI=1S/C20H15F9O5S/c1-3-11-4-6-12(7-5-11)33-8-18(24,25)20(28,29)19(26,27)9-34-16-10(2)13(21)17(35(30,31)32)15(23)14(16)22/h3-7H,1,8-9H2,2H3,(H,30,31,32). The third kappa shape index (κ3) is 5.50. The van der Waals surface area contributed by atoms with E-state index in [0.29, 0.717) is 12.5 Å². The Morgan fingerprint density at radius 1 is 0.886 bits per heavy atom. The Morgan fingerprint density at radius 3 is 1.83 bits per heavy atom. The Kier molecular flexibility index (Phi) is 7.76. The molecule has 0 unspecified atom stereocenters. The predicted octanol–water partition coefficient (Wildman–Crippen LogP) is 5.67. The molecule has 0 aliphatic heterocycles. The molecule has 0 aliphatic rings. The monoisotopic (exact) mass is 538 g/mol. The molecule has 15 heteroatoms. The summed E-state index contributed by atoms with van der Waals surface area (Å²) in [6.07, 6.45) is 1.37. The summed E-state index contributed by atoms with van der Waals surface area (Å²) in [5.74, 6) is -26.8. The van der Waals surface area contributed by atoms with Gasteiger partial charge in [0.05, 0.1) is 0 Å². The van der Waals surface area contributed by atoms with Crippen molar-refractivity contribution in [3.63, 3.8) is 0 Å². The van der Waals surface area contributed by atoms with Gasteiger partial charge < -0.3 is 9.47 Å². The topological polar surface area (TPSA) is 72.8 Å². The zero-order valence-corrected chi connectivity index (χ0v) is 18.2. The number of ether oxygens (including phenoxy) is 2. The van der Waals surface area contributed by atoms with Crippen molar-refractivity contribution >= 4 is 16.2 Å². The van der Waals surface area contributed by atoms with Crippen LogP contribution in [-0.2, 0) is 10.1 Å². The third-order valence-corrected chi connectivity index (χ3v) is 5.45. The van der Waals surface area contributed by atoms with Gasteiger partial charge in [-0.25, -0.2) is 8.78 Å². The summed E-state index contributed by atoms with van der Waals surface area (Å²) in [5.41, 5.74) is -0.813. The van der Waals surface area contributed by atoms with Crippen molar-refractivity contribution in [2.45, 2.75) is 29.6 Å². The molecule has 2 rings (SSSR count). The molecule has 0 spiro atoms. The summed E-state index contributed by atoms with van der Waals surface area (Å²) >= 11 is 0. The number of rotatable bonds is 10. The molecule has 35 heavy (non-hydrogen) atoms. The second-order valence-corrected chi connectivity index (χ2v) is 8.39. The van der Waals surface area contributed by atoms with Crippen LogP contribution in [0.2, 0.25) is 0 Å². The van der Waals surface area contributed by atoms with Crippen molar-refractivity contribution in [2.24, 2.45) is 0 Å². The Morgan fingerprint density at radius 2 is 1.37 bits per heavy atom. The fraction of sp³-hybridized carbons (Fsp3) is 0.300. The summed E-state index contributed by atoms with van der Waals surface area (Å²) in [4.78, 5) is -2.19. The van der Waals surface area contributed by atoms with Crippen LogP contribution in [-0.4, -0.2) is 44.0 Å². The average molecular weight is 538 g/mol. The predicted molar refractivity (Wildman–Crippen MR) is 103 cm³/mol. The molecule has 2 aromatic carbocycles. The molecule has 0 heterocycles. The first kappa shape index (κ1) is 28.3. The minimum absolute atomic E-state index is 0.367. The normalized spacial score (nSPS) is 13.0. The van der Waals surface area contributed by atoms with Gasteiger partial charge in [0.1, 0.15) is 5.75 Å². The first-order valence-corrected chi connectivity index (χ1v) is 10.6. The van der Waals surface area contributed by atoms with Crippen molar-refractivity contribution in [3.05, 3.63) is 59.4 Å². The van der Waals surface area contributed by atoms with E-state index in [0.717, 1.165) is 12.1 Å². The number of alkyl halides is 6. The van der Waals surface area contributed by atoms with Crippen LogP contribution < -0.4 is 9.47 Å². The molecule has 0 bridgehead atoms. The first-order chi connectivity index (χ1) is 15.9. The number of benzene rings is 2. The van der Waals surface area contributed by atoms with Crippen LogP contribution in [0.15, 0.2) is 35.7 Å². The summed E-state index contributed by atoms with van der Waals surface area (Å²) in [7, 11) is -5.68. The van der Waals surface area contributed by atoms with Crippen molar-refractivity contribution < 1.29 is 62.0 Å². The van der Waals surface area contributed by atoms with Gasteiger partial charge >= 0.3 is 27.9 Å². The molecule has 0 amide bonds. The van der Waals surface area contributed by atoms with Gasteiger partial charge in [-0.05, 0) is 24.6 Å². The highest BCUT2D eigenvalue weighted by Crippen LogP contribution is 2.46. The molecule has 0 fully saturated rings. The van der Waals surface area contributed by atoms with Crippen LogP contribution >= 0.6 is 0 Å². The molecule has 194 valence electrons. The quantitative estimate of drug-likeness (QED) is 0.240. The molecule has 1 N–H and O–H groups in total. The van der Waals surface area contributed by atoms with Crippen LogP contribution in [0.5, 0.6) is 11.5 Å². The average Bonchev–Trinajstić information content (AvgIpc) is 2.75. The lowest BCUT2D eigenvalue weighted by Crippen LogP contribution is -2.58. The summed E-state index contributed by atoms with van der Waals surface area (Å²) in [5, 5.41) is 0. The van der Waals surface area contributed by atoms with E-state index in [1.54, 1.807) is 0 Å². The van der Waals surface area contributed by atoms with E-state index < -0.39 is 74.8 Å². The van der Waals surface area contributed by atoms with Crippen molar-refractivity contribution in [1.82, 2.24) is 0 Å². The van der Waals surface area contributed by atoms with Gasteiger partial charge in [0.2, 0.25) is 5.82 Å². The molecule has 0 saturated carbocycles. The zero-order chi connectivity index (χ0) is 27.0. The van der Waals surface area contributed by atoms with E-state index in [9.17, 15) is 47.9 Å².